The van der Waals surface area contributed by atoms with Gasteiger partial charge in [0.2, 0.25) is 5.76 Å². The third-order valence-corrected chi connectivity index (χ3v) is 5.66. The molecule has 0 radical (unpaired) electrons. The number of fused-ring (bicyclic) bond motifs is 2. The molecular weight excluding hydrogens is 356 g/mol. The smallest absolute Gasteiger partial charge is 0.292 e. The van der Waals surface area contributed by atoms with Crippen LogP contribution in [0.4, 0.5) is 0 Å². The van der Waals surface area contributed by atoms with Crippen molar-refractivity contribution in [1.29, 1.82) is 0 Å². The van der Waals surface area contributed by atoms with Gasteiger partial charge in [-0.15, -0.1) is 0 Å². The van der Waals surface area contributed by atoms with Crippen molar-refractivity contribution in [3.05, 3.63) is 65.3 Å². The predicted molar refractivity (Wildman–Crippen MR) is 101 cm³/mol. The summed E-state index contributed by atoms with van der Waals surface area (Å²) in [5.74, 6) is 0.839. The van der Waals surface area contributed by atoms with Gasteiger partial charge in [0.1, 0.15) is 0 Å². The van der Waals surface area contributed by atoms with Crippen LogP contribution in [0.1, 0.15) is 33.9 Å². The molecule has 3 aromatic rings. The topological polar surface area (TPSA) is 81.4 Å². The molecule has 1 saturated heterocycles. The van der Waals surface area contributed by atoms with Gasteiger partial charge in [-0.3, -0.25) is 4.79 Å². The van der Waals surface area contributed by atoms with E-state index in [2.05, 4.69) is 5.16 Å². The highest BCUT2D eigenvalue weighted by Gasteiger charge is 2.47. The van der Waals surface area contributed by atoms with Gasteiger partial charge in [-0.1, -0.05) is 35.5 Å². The highest BCUT2D eigenvalue weighted by Crippen LogP contribution is 2.40. The van der Waals surface area contributed by atoms with Gasteiger partial charge >= 0.3 is 0 Å². The van der Waals surface area contributed by atoms with Crippen LogP contribution in [0.2, 0.25) is 0 Å². The molecule has 7 heteroatoms. The molecule has 1 aromatic carbocycles. The molecule has 0 aliphatic carbocycles. The maximum Gasteiger partial charge on any atom is 0.292 e. The molecule has 7 nitrogen and oxygen atoms in total. The zero-order valence-electron chi connectivity index (χ0n) is 15.6. The first-order chi connectivity index (χ1) is 13.7. The van der Waals surface area contributed by atoms with Gasteiger partial charge in [0.25, 0.3) is 5.91 Å². The average molecular weight is 376 g/mol. The summed E-state index contributed by atoms with van der Waals surface area (Å²) in [6, 6.07) is 11.6. The van der Waals surface area contributed by atoms with Crippen LogP contribution in [0.15, 0.2) is 47.1 Å². The van der Waals surface area contributed by atoms with Gasteiger partial charge in [0, 0.05) is 36.0 Å². The fraction of sp³-hybridized carbons (Fsp3) is 0.333. The van der Waals surface area contributed by atoms with Gasteiger partial charge in [0.05, 0.1) is 30.5 Å². The minimum absolute atomic E-state index is 0.143. The SMILES string of the molecule is Cc1nc(-c2ccccc2)nc2c1COCC21CCN(C(=O)c2ccno2)C1. The fourth-order valence-electron chi connectivity index (χ4n) is 4.18. The summed E-state index contributed by atoms with van der Waals surface area (Å²) in [6.45, 7) is 4.23. The Labute approximate surface area is 162 Å². The normalized spacial score (nSPS) is 21.1. The van der Waals surface area contributed by atoms with Crippen molar-refractivity contribution in [3.63, 3.8) is 0 Å². The summed E-state index contributed by atoms with van der Waals surface area (Å²) in [6.07, 6.45) is 2.28. The Morgan fingerprint density at radius 1 is 1.18 bits per heavy atom. The molecule has 5 rings (SSSR count). The van der Waals surface area contributed by atoms with E-state index >= 15 is 0 Å². The van der Waals surface area contributed by atoms with E-state index in [0.717, 1.165) is 34.8 Å². The number of benzene rings is 1. The molecule has 1 fully saturated rings. The molecule has 4 heterocycles. The molecule has 0 bridgehead atoms. The molecular formula is C21H20N4O3. The van der Waals surface area contributed by atoms with Crippen molar-refractivity contribution in [2.24, 2.45) is 0 Å². The molecule has 0 N–H and O–H groups in total. The Balaban J connectivity index is 1.54. The maximum atomic E-state index is 12.7. The van der Waals surface area contributed by atoms with E-state index in [1.165, 1.54) is 6.20 Å². The van der Waals surface area contributed by atoms with Gasteiger partial charge < -0.3 is 14.2 Å². The molecule has 1 amide bonds. The number of amides is 1. The summed E-state index contributed by atoms with van der Waals surface area (Å²) >= 11 is 0. The van der Waals surface area contributed by atoms with E-state index in [1.54, 1.807) is 11.0 Å². The minimum Gasteiger partial charge on any atom is -0.376 e. The van der Waals surface area contributed by atoms with Crippen LogP contribution in [0, 0.1) is 6.92 Å². The van der Waals surface area contributed by atoms with Crippen molar-refractivity contribution in [1.82, 2.24) is 20.0 Å². The van der Waals surface area contributed by atoms with Gasteiger partial charge in [-0.05, 0) is 13.3 Å². The van der Waals surface area contributed by atoms with Crippen molar-refractivity contribution in [2.45, 2.75) is 25.4 Å². The first-order valence-corrected chi connectivity index (χ1v) is 9.37. The van der Waals surface area contributed by atoms with Crippen LogP contribution < -0.4 is 0 Å². The second-order valence-corrected chi connectivity index (χ2v) is 7.45. The standard InChI is InChI=1S/C21H20N4O3/c1-14-16-11-27-13-21(8-10-25(12-21)20(26)17-7-9-22-28-17)18(16)24-19(23-14)15-5-3-2-4-6-15/h2-7,9H,8,10-13H2,1H3. The molecule has 2 aliphatic heterocycles. The lowest BCUT2D eigenvalue weighted by molar-refractivity contribution is 0.0473. The number of hydrogen-bond acceptors (Lipinski definition) is 6. The van der Waals surface area contributed by atoms with Crippen molar-refractivity contribution >= 4 is 5.91 Å². The third kappa shape index (κ3) is 2.70. The number of ether oxygens (including phenoxy) is 1. The van der Waals surface area contributed by atoms with Crippen LogP contribution in [0.5, 0.6) is 0 Å². The molecule has 142 valence electrons. The first kappa shape index (κ1) is 17.1. The number of aryl methyl sites for hydroxylation is 1. The quantitative estimate of drug-likeness (QED) is 0.684. The number of carbonyl (C=O) groups excluding carboxylic acids is 1. The third-order valence-electron chi connectivity index (χ3n) is 5.66. The number of aromatic nitrogens is 3. The number of hydrogen-bond donors (Lipinski definition) is 0. The van der Waals surface area contributed by atoms with E-state index in [1.807, 2.05) is 37.3 Å². The first-order valence-electron chi connectivity index (χ1n) is 9.37. The van der Waals surface area contributed by atoms with Crippen LogP contribution >= 0.6 is 0 Å². The van der Waals surface area contributed by atoms with E-state index in [4.69, 9.17) is 19.2 Å². The van der Waals surface area contributed by atoms with Crippen molar-refractivity contribution < 1.29 is 14.1 Å². The summed E-state index contributed by atoms with van der Waals surface area (Å²) in [4.78, 5) is 24.2. The monoisotopic (exact) mass is 376 g/mol. The number of rotatable bonds is 2. The Bertz CT molecular complexity index is 1020. The highest BCUT2D eigenvalue weighted by molar-refractivity contribution is 5.91. The number of nitrogens with zero attached hydrogens (tertiary/aromatic N) is 4. The lowest BCUT2D eigenvalue weighted by Gasteiger charge is -2.35. The maximum absolute atomic E-state index is 12.7. The molecule has 1 unspecified atom stereocenters. The van der Waals surface area contributed by atoms with Gasteiger partial charge in [0.15, 0.2) is 5.82 Å². The number of carbonyl (C=O) groups is 1. The number of likely N-dealkylation sites (tertiary alicyclic amines) is 1. The van der Waals surface area contributed by atoms with E-state index < -0.39 is 0 Å². The lowest BCUT2D eigenvalue weighted by Crippen LogP contribution is -2.42. The van der Waals surface area contributed by atoms with E-state index in [0.29, 0.717) is 26.3 Å². The summed E-state index contributed by atoms with van der Waals surface area (Å²) in [5.41, 5.74) is 3.66. The molecule has 1 atom stereocenters. The van der Waals surface area contributed by atoms with Crippen molar-refractivity contribution in [3.8, 4) is 11.4 Å². The Morgan fingerprint density at radius 2 is 2.04 bits per heavy atom. The molecule has 1 spiro atoms. The highest BCUT2D eigenvalue weighted by atomic mass is 16.5. The van der Waals surface area contributed by atoms with E-state index in [9.17, 15) is 4.79 Å². The molecule has 2 aromatic heterocycles. The fourth-order valence-corrected chi connectivity index (χ4v) is 4.18. The lowest BCUT2D eigenvalue weighted by atomic mass is 9.80. The average Bonchev–Trinajstić information content (AvgIpc) is 3.40. The van der Waals surface area contributed by atoms with Crippen LogP contribution in [-0.4, -0.2) is 45.6 Å². The van der Waals surface area contributed by atoms with Crippen LogP contribution in [-0.2, 0) is 16.8 Å². The van der Waals surface area contributed by atoms with Gasteiger partial charge in [-0.25, -0.2) is 9.97 Å². The Morgan fingerprint density at radius 3 is 2.82 bits per heavy atom. The largest absolute Gasteiger partial charge is 0.376 e. The molecule has 0 saturated carbocycles. The van der Waals surface area contributed by atoms with Gasteiger partial charge in [-0.2, -0.15) is 0 Å². The zero-order chi connectivity index (χ0) is 19.1. The van der Waals surface area contributed by atoms with Crippen LogP contribution in [0.25, 0.3) is 11.4 Å². The second-order valence-electron chi connectivity index (χ2n) is 7.45. The second kappa shape index (κ2) is 6.53. The summed E-state index contributed by atoms with van der Waals surface area (Å²) in [7, 11) is 0. The predicted octanol–water partition coefficient (Wildman–Crippen LogP) is 2.75. The summed E-state index contributed by atoms with van der Waals surface area (Å²) < 4.78 is 11.0. The Hall–Kier alpha value is -3.06. The minimum atomic E-state index is -0.319. The Kier molecular flexibility index (Phi) is 3.98. The molecule has 28 heavy (non-hydrogen) atoms. The van der Waals surface area contributed by atoms with E-state index in [-0.39, 0.29) is 17.1 Å². The van der Waals surface area contributed by atoms with Crippen LogP contribution in [0.3, 0.4) is 0 Å². The zero-order valence-corrected chi connectivity index (χ0v) is 15.6. The summed E-state index contributed by atoms with van der Waals surface area (Å²) in [5, 5.41) is 3.64. The van der Waals surface area contributed by atoms with Crippen molar-refractivity contribution in [2.75, 3.05) is 19.7 Å². The molecule has 2 aliphatic rings.